The van der Waals surface area contributed by atoms with Gasteiger partial charge < -0.3 is 19.7 Å². The first-order valence-corrected chi connectivity index (χ1v) is 10.7. The summed E-state index contributed by atoms with van der Waals surface area (Å²) in [5.74, 6) is -0.259. The minimum absolute atomic E-state index is 0.0252. The Labute approximate surface area is 179 Å². The lowest BCUT2D eigenvalue weighted by molar-refractivity contribution is -0.139. The highest BCUT2D eigenvalue weighted by molar-refractivity contribution is 9.10. The third-order valence-electron chi connectivity index (χ3n) is 5.90. The number of rotatable bonds is 3. The van der Waals surface area contributed by atoms with Crippen LogP contribution in [0.4, 0.5) is 0 Å². The van der Waals surface area contributed by atoms with Crippen molar-refractivity contribution in [3.05, 3.63) is 51.8 Å². The number of nitrogens with zero attached hydrogens (tertiary/aromatic N) is 1. The predicted molar refractivity (Wildman–Crippen MR) is 112 cm³/mol. The van der Waals surface area contributed by atoms with Crippen LogP contribution in [0.2, 0.25) is 0 Å². The van der Waals surface area contributed by atoms with Crippen LogP contribution < -0.4 is 10.1 Å². The average molecular weight is 461 g/mol. The highest BCUT2D eigenvalue weighted by Crippen LogP contribution is 2.47. The van der Waals surface area contributed by atoms with E-state index < -0.39 is 11.8 Å². The van der Waals surface area contributed by atoms with Gasteiger partial charge in [0.25, 0.3) is 0 Å². The molecule has 4 rings (SSSR count). The maximum atomic E-state index is 13.6. The molecule has 1 aromatic rings. The van der Waals surface area contributed by atoms with E-state index in [1.807, 2.05) is 23.1 Å². The molecule has 0 spiro atoms. The van der Waals surface area contributed by atoms with Crippen molar-refractivity contribution in [2.24, 2.45) is 5.92 Å². The van der Waals surface area contributed by atoms with Crippen molar-refractivity contribution in [3.63, 3.8) is 0 Å². The second-order valence-corrected chi connectivity index (χ2v) is 8.51. The van der Waals surface area contributed by atoms with Crippen LogP contribution in [0.1, 0.15) is 30.7 Å². The molecule has 2 heterocycles. The van der Waals surface area contributed by atoms with Gasteiger partial charge in [-0.25, -0.2) is 0 Å². The summed E-state index contributed by atoms with van der Waals surface area (Å²) in [5, 5.41) is 3.30. The number of allylic oxidation sites excluding steroid dienone is 2. The van der Waals surface area contributed by atoms with Crippen LogP contribution in [-0.2, 0) is 14.3 Å². The lowest BCUT2D eigenvalue weighted by Gasteiger charge is -2.41. The van der Waals surface area contributed by atoms with Crippen molar-refractivity contribution >= 4 is 27.6 Å². The van der Waals surface area contributed by atoms with Gasteiger partial charge in [-0.15, -0.1) is 0 Å². The molecule has 3 aliphatic rings. The summed E-state index contributed by atoms with van der Waals surface area (Å²) < 4.78 is 11.9. The van der Waals surface area contributed by atoms with Crippen LogP contribution in [0.3, 0.4) is 0 Å². The van der Waals surface area contributed by atoms with Gasteiger partial charge in [0.2, 0.25) is 5.91 Å². The average Bonchev–Trinajstić information content (AvgIpc) is 2.73. The van der Waals surface area contributed by atoms with Gasteiger partial charge in [-0.2, -0.15) is 0 Å². The molecule has 2 unspecified atom stereocenters. The lowest BCUT2D eigenvalue weighted by Crippen LogP contribution is -2.49. The van der Waals surface area contributed by atoms with E-state index in [0.717, 1.165) is 28.6 Å². The van der Waals surface area contributed by atoms with Crippen LogP contribution in [0.5, 0.6) is 5.75 Å². The Hall–Kier alpha value is -2.12. The number of ketones is 1. The van der Waals surface area contributed by atoms with Crippen LogP contribution in [0.25, 0.3) is 0 Å². The van der Waals surface area contributed by atoms with Gasteiger partial charge in [-0.05, 0) is 31.0 Å². The SMILES string of the molecule is C=C1NC2=C(C(=O)CCC2)C(c2cc(Br)ccc2OC)C1C(=O)N1CCOCC1. The van der Waals surface area contributed by atoms with E-state index in [4.69, 9.17) is 9.47 Å². The molecule has 1 N–H and O–H groups in total. The molecular weight excluding hydrogens is 436 g/mol. The maximum absolute atomic E-state index is 13.6. The fourth-order valence-electron chi connectivity index (χ4n) is 4.55. The number of ether oxygens (including phenoxy) is 2. The van der Waals surface area contributed by atoms with Crippen molar-refractivity contribution in [2.75, 3.05) is 33.4 Å². The number of carbonyl (C=O) groups excluding carboxylic acids is 2. The summed E-state index contributed by atoms with van der Waals surface area (Å²) in [4.78, 5) is 28.4. The highest BCUT2D eigenvalue weighted by atomic mass is 79.9. The Morgan fingerprint density at radius 3 is 2.79 bits per heavy atom. The van der Waals surface area contributed by atoms with Gasteiger partial charge in [-0.3, -0.25) is 9.59 Å². The standard InChI is InChI=1S/C22H25BrN2O4/c1-13-19(22(27)25-8-10-29-11-9-25)20(15-12-14(23)6-7-18(15)28-2)21-16(24-13)4-3-5-17(21)26/h6-7,12,19-20,24H,1,3-5,8-11H2,2H3. The molecule has 6 nitrogen and oxygen atoms in total. The third-order valence-corrected chi connectivity index (χ3v) is 6.40. The highest BCUT2D eigenvalue weighted by Gasteiger charge is 2.45. The number of halogens is 1. The van der Waals surface area contributed by atoms with E-state index >= 15 is 0 Å². The molecule has 1 aromatic carbocycles. The Morgan fingerprint density at radius 2 is 2.07 bits per heavy atom. The number of Topliss-reactive ketones (excluding diaryl/α,β-unsaturated/α-hetero) is 1. The monoisotopic (exact) mass is 460 g/mol. The smallest absolute Gasteiger partial charge is 0.232 e. The number of nitrogens with one attached hydrogen (secondary N) is 1. The zero-order chi connectivity index (χ0) is 20.5. The predicted octanol–water partition coefficient (Wildman–Crippen LogP) is 3.14. The molecule has 0 saturated carbocycles. The number of methoxy groups -OCH3 is 1. The number of morpholine rings is 1. The Bertz CT molecular complexity index is 889. The Morgan fingerprint density at radius 1 is 1.31 bits per heavy atom. The molecule has 1 saturated heterocycles. The summed E-state index contributed by atoms with van der Waals surface area (Å²) in [6.07, 6.45) is 2.09. The van der Waals surface area contributed by atoms with Gasteiger partial charge in [-0.1, -0.05) is 22.5 Å². The number of hydrogen-bond donors (Lipinski definition) is 1. The van der Waals surface area contributed by atoms with Crippen LogP contribution in [0.15, 0.2) is 46.2 Å². The lowest BCUT2D eigenvalue weighted by atomic mass is 9.71. The number of carbonyl (C=O) groups is 2. The fraction of sp³-hybridized carbons (Fsp3) is 0.455. The number of benzene rings is 1. The van der Waals surface area contributed by atoms with E-state index in [9.17, 15) is 9.59 Å². The van der Waals surface area contributed by atoms with Crippen molar-refractivity contribution in [1.82, 2.24) is 10.2 Å². The molecular formula is C22H25BrN2O4. The maximum Gasteiger partial charge on any atom is 0.232 e. The normalized spacial score (nSPS) is 24.8. The number of hydrogen-bond acceptors (Lipinski definition) is 5. The van der Waals surface area contributed by atoms with Crippen LogP contribution >= 0.6 is 15.9 Å². The van der Waals surface area contributed by atoms with Crippen molar-refractivity contribution < 1.29 is 19.1 Å². The van der Waals surface area contributed by atoms with E-state index in [1.54, 1.807) is 7.11 Å². The minimum atomic E-state index is -0.572. The van der Waals surface area contributed by atoms with Gasteiger partial charge in [0, 0.05) is 52.4 Å². The molecule has 154 valence electrons. The molecule has 2 aliphatic heterocycles. The van der Waals surface area contributed by atoms with Gasteiger partial charge in [0.05, 0.1) is 26.2 Å². The first-order chi connectivity index (χ1) is 14.0. The molecule has 29 heavy (non-hydrogen) atoms. The summed E-state index contributed by atoms with van der Waals surface area (Å²) >= 11 is 3.54. The van der Waals surface area contributed by atoms with Crippen LogP contribution in [-0.4, -0.2) is 50.0 Å². The molecule has 0 radical (unpaired) electrons. The summed E-state index contributed by atoms with van der Waals surface area (Å²) in [6, 6.07) is 5.72. The summed E-state index contributed by atoms with van der Waals surface area (Å²) in [7, 11) is 1.61. The summed E-state index contributed by atoms with van der Waals surface area (Å²) in [5.41, 5.74) is 3.07. The van der Waals surface area contributed by atoms with Gasteiger partial charge in [0.15, 0.2) is 5.78 Å². The molecule has 1 aliphatic carbocycles. The zero-order valence-electron chi connectivity index (χ0n) is 16.5. The minimum Gasteiger partial charge on any atom is -0.496 e. The molecule has 0 aromatic heterocycles. The molecule has 1 amide bonds. The van der Waals surface area contributed by atoms with Crippen LogP contribution in [0, 0.1) is 5.92 Å². The van der Waals surface area contributed by atoms with E-state index in [2.05, 4.69) is 27.8 Å². The van der Waals surface area contributed by atoms with Gasteiger partial charge in [0.1, 0.15) is 5.75 Å². The van der Waals surface area contributed by atoms with Crippen molar-refractivity contribution in [3.8, 4) is 5.75 Å². The molecule has 1 fully saturated rings. The van der Waals surface area contributed by atoms with E-state index in [1.165, 1.54) is 0 Å². The quantitative estimate of drug-likeness (QED) is 0.750. The first kappa shape index (κ1) is 20.2. The first-order valence-electron chi connectivity index (χ1n) is 9.93. The summed E-state index contributed by atoms with van der Waals surface area (Å²) in [6.45, 7) is 6.33. The van der Waals surface area contributed by atoms with E-state index in [0.29, 0.717) is 49.7 Å². The second-order valence-electron chi connectivity index (χ2n) is 7.60. The second kappa shape index (κ2) is 8.32. The molecule has 2 atom stereocenters. The topological polar surface area (TPSA) is 67.9 Å². The Kier molecular flexibility index (Phi) is 5.79. The molecule has 0 bridgehead atoms. The fourth-order valence-corrected chi connectivity index (χ4v) is 4.93. The largest absolute Gasteiger partial charge is 0.496 e. The number of amides is 1. The molecule has 7 heteroatoms. The third kappa shape index (κ3) is 3.73. The van der Waals surface area contributed by atoms with Gasteiger partial charge >= 0.3 is 0 Å². The van der Waals surface area contributed by atoms with Crippen molar-refractivity contribution in [2.45, 2.75) is 25.2 Å². The van der Waals surface area contributed by atoms with E-state index in [-0.39, 0.29) is 11.7 Å². The van der Waals surface area contributed by atoms with Crippen molar-refractivity contribution in [1.29, 1.82) is 0 Å². The Balaban J connectivity index is 1.86. The zero-order valence-corrected chi connectivity index (χ0v) is 18.1.